The van der Waals surface area contributed by atoms with Gasteiger partial charge >= 0.3 is 0 Å². The van der Waals surface area contributed by atoms with E-state index >= 15 is 0 Å². The van der Waals surface area contributed by atoms with E-state index in [4.69, 9.17) is 9.26 Å². The number of para-hydroxylation sites is 1. The molecule has 1 aliphatic rings. The van der Waals surface area contributed by atoms with E-state index in [0.29, 0.717) is 11.7 Å². The third-order valence-electron chi connectivity index (χ3n) is 3.39. The first kappa shape index (κ1) is 12.2. The van der Waals surface area contributed by atoms with Crippen molar-refractivity contribution in [2.24, 2.45) is 0 Å². The lowest BCUT2D eigenvalue weighted by Gasteiger charge is -2.04. The Balaban J connectivity index is 1.74. The Morgan fingerprint density at radius 3 is 3.00 bits per heavy atom. The number of tetrazole rings is 1. The van der Waals surface area contributed by atoms with E-state index < -0.39 is 0 Å². The van der Waals surface area contributed by atoms with Crippen molar-refractivity contribution in [1.29, 1.82) is 0 Å². The third-order valence-corrected chi connectivity index (χ3v) is 3.39. The summed E-state index contributed by atoms with van der Waals surface area (Å²) >= 11 is 0. The zero-order chi connectivity index (χ0) is 14.1. The molecular formula is C13H12N6O2. The lowest BCUT2D eigenvalue weighted by molar-refractivity contribution is 0.103. The van der Waals surface area contributed by atoms with Gasteiger partial charge in [0.2, 0.25) is 5.82 Å². The first-order valence-electron chi connectivity index (χ1n) is 6.70. The van der Waals surface area contributed by atoms with Crippen LogP contribution in [0.4, 0.5) is 0 Å². The van der Waals surface area contributed by atoms with Crippen LogP contribution in [0.2, 0.25) is 0 Å². The predicted octanol–water partition coefficient (Wildman–Crippen LogP) is 1.56. The molecule has 1 atom stereocenters. The maximum atomic E-state index is 5.57. The maximum Gasteiger partial charge on any atom is 0.260 e. The molecule has 0 aliphatic carbocycles. The molecule has 1 aliphatic heterocycles. The van der Waals surface area contributed by atoms with Crippen LogP contribution in [-0.2, 0) is 4.74 Å². The minimum atomic E-state index is -0.0669. The summed E-state index contributed by atoms with van der Waals surface area (Å²) in [4.78, 5) is 4.45. The third kappa shape index (κ3) is 2.19. The molecule has 0 saturated carbocycles. The average molecular weight is 284 g/mol. The normalized spacial score (nSPS) is 18.2. The molecule has 1 aromatic carbocycles. The van der Waals surface area contributed by atoms with Crippen molar-refractivity contribution in [3.8, 4) is 17.1 Å². The summed E-state index contributed by atoms with van der Waals surface area (Å²) in [6.45, 7) is 0.746. The van der Waals surface area contributed by atoms with Crippen LogP contribution in [0.25, 0.3) is 17.1 Å². The quantitative estimate of drug-likeness (QED) is 0.720. The first-order chi connectivity index (χ1) is 10.4. The second-order valence-electron chi connectivity index (χ2n) is 4.73. The Morgan fingerprint density at radius 2 is 2.19 bits per heavy atom. The lowest BCUT2D eigenvalue weighted by atomic mass is 10.2. The molecule has 1 unspecified atom stereocenters. The average Bonchev–Trinajstić information content (AvgIpc) is 3.27. The fourth-order valence-electron chi connectivity index (χ4n) is 2.38. The van der Waals surface area contributed by atoms with Gasteiger partial charge in [0.1, 0.15) is 12.4 Å². The van der Waals surface area contributed by atoms with Crippen LogP contribution in [0.5, 0.6) is 0 Å². The van der Waals surface area contributed by atoms with E-state index in [1.54, 1.807) is 4.68 Å². The van der Waals surface area contributed by atoms with Gasteiger partial charge in [-0.25, -0.2) is 0 Å². The second kappa shape index (κ2) is 5.06. The van der Waals surface area contributed by atoms with Gasteiger partial charge in [0.05, 0.1) is 11.3 Å². The molecule has 106 valence electrons. The molecule has 4 rings (SSSR count). The Kier molecular flexibility index (Phi) is 2.93. The number of nitrogens with zero attached hydrogens (tertiary/aromatic N) is 6. The smallest absolute Gasteiger partial charge is 0.260 e. The van der Waals surface area contributed by atoms with Crippen molar-refractivity contribution in [3.05, 3.63) is 36.4 Å². The SMILES string of the molecule is c1ccc(-n2cnnn2)c(-c2nc(C3CCCO3)no2)c1. The van der Waals surface area contributed by atoms with Crippen LogP contribution in [0.1, 0.15) is 24.8 Å². The van der Waals surface area contributed by atoms with E-state index in [0.717, 1.165) is 30.7 Å². The van der Waals surface area contributed by atoms with Crippen LogP contribution in [0, 0.1) is 0 Å². The first-order valence-corrected chi connectivity index (χ1v) is 6.70. The molecule has 3 aromatic rings. The fourth-order valence-corrected chi connectivity index (χ4v) is 2.38. The van der Waals surface area contributed by atoms with Gasteiger partial charge in [-0.3, -0.25) is 0 Å². The largest absolute Gasteiger partial charge is 0.370 e. The summed E-state index contributed by atoms with van der Waals surface area (Å²) < 4.78 is 12.5. The molecule has 21 heavy (non-hydrogen) atoms. The van der Waals surface area contributed by atoms with E-state index in [2.05, 4.69) is 25.7 Å². The molecule has 0 bridgehead atoms. The topological polar surface area (TPSA) is 91.8 Å². The standard InChI is InChI=1S/C13H12N6O2/c1-2-5-10(19-8-14-17-18-19)9(4-1)13-15-12(16-21-13)11-6-3-7-20-11/h1-2,4-5,8,11H,3,6-7H2. The summed E-state index contributed by atoms with van der Waals surface area (Å²) in [6.07, 6.45) is 3.40. The minimum Gasteiger partial charge on any atom is -0.370 e. The van der Waals surface area contributed by atoms with Gasteiger partial charge in [-0.05, 0) is 35.4 Å². The van der Waals surface area contributed by atoms with Gasteiger partial charge in [-0.1, -0.05) is 17.3 Å². The van der Waals surface area contributed by atoms with Crippen molar-refractivity contribution in [3.63, 3.8) is 0 Å². The van der Waals surface area contributed by atoms with Crippen molar-refractivity contribution in [1.82, 2.24) is 30.3 Å². The van der Waals surface area contributed by atoms with Crippen molar-refractivity contribution in [2.45, 2.75) is 18.9 Å². The monoisotopic (exact) mass is 284 g/mol. The lowest BCUT2D eigenvalue weighted by Crippen LogP contribution is -1.99. The van der Waals surface area contributed by atoms with Crippen molar-refractivity contribution >= 4 is 0 Å². The van der Waals surface area contributed by atoms with Gasteiger partial charge in [0.15, 0.2) is 0 Å². The summed E-state index contributed by atoms with van der Waals surface area (Å²) in [5, 5.41) is 15.2. The summed E-state index contributed by atoms with van der Waals surface area (Å²) in [7, 11) is 0. The fraction of sp³-hybridized carbons (Fsp3) is 0.308. The maximum absolute atomic E-state index is 5.57. The highest BCUT2D eigenvalue weighted by Crippen LogP contribution is 2.30. The number of hydrogen-bond donors (Lipinski definition) is 0. The van der Waals surface area contributed by atoms with E-state index in [9.17, 15) is 0 Å². The van der Waals surface area contributed by atoms with Crippen molar-refractivity contribution < 1.29 is 9.26 Å². The number of aromatic nitrogens is 6. The molecule has 0 spiro atoms. The van der Waals surface area contributed by atoms with Crippen LogP contribution in [0.15, 0.2) is 35.1 Å². The zero-order valence-corrected chi connectivity index (χ0v) is 11.1. The Bertz CT molecular complexity index is 733. The molecule has 1 fully saturated rings. The van der Waals surface area contributed by atoms with Crippen molar-refractivity contribution in [2.75, 3.05) is 6.61 Å². The number of ether oxygens (including phenoxy) is 1. The highest BCUT2D eigenvalue weighted by atomic mass is 16.5. The van der Waals surface area contributed by atoms with E-state index in [1.807, 2.05) is 24.3 Å². The minimum absolute atomic E-state index is 0.0669. The highest BCUT2D eigenvalue weighted by molar-refractivity contribution is 5.65. The molecular weight excluding hydrogens is 272 g/mol. The van der Waals surface area contributed by atoms with Crippen LogP contribution in [-0.4, -0.2) is 37.0 Å². The molecule has 0 amide bonds. The summed E-state index contributed by atoms with van der Waals surface area (Å²) in [6, 6.07) is 7.59. The molecule has 8 heteroatoms. The number of rotatable bonds is 3. The van der Waals surface area contributed by atoms with Crippen LogP contribution < -0.4 is 0 Å². The Morgan fingerprint density at radius 1 is 1.24 bits per heavy atom. The second-order valence-corrected chi connectivity index (χ2v) is 4.73. The Labute approximate surface area is 119 Å². The van der Waals surface area contributed by atoms with Gasteiger partial charge in [0, 0.05) is 6.61 Å². The van der Waals surface area contributed by atoms with E-state index in [1.165, 1.54) is 6.33 Å². The van der Waals surface area contributed by atoms with Crippen LogP contribution in [0.3, 0.4) is 0 Å². The van der Waals surface area contributed by atoms with Crippen LogP contribution >= 0.6 is 0 Å². The molecule has 3 heterocycles. The summed E-state index contributed by atoms with van der Waals surface area (Å²) in [5.74, 6) is 1.03. The number of benzene rings is 1. The molecule has 1 saturated heterocycles. The molecule has 2 aromatic heterocycles. The summed E-state index contributed by atoms with van der Waals surface area (Å²) in [5.41, 5.74) is 1.56. The molecule has 8 nitrogen and oxygen atoms in total. The highest BCUT2D eigenvalue weighted by Gasteiger charge is 2.24. The predicted molar refractivity (Wildman–Crippen MR) is 70.4 cm³/mol. The Hall–Kier alpha value is -2.61. The van der Waals surface area contributed by atoms with Gasteiger partial charge < -0.3 is 9.26 Å². The molecule has 0 N–H and O–H groups in total. The molecule has 0 radical (unpaired) electrons. The van der Waals surface area contributed by atoms with Gasteiger partial charge in [-0.15, -0.1) is 5.10 Å². The number of hydrogen-bond acceptors (Lipinski definition) is 7. The van der Waals surface area contributed by atoms with Gasteiger partial charge in [-0.2, -0.15) is 9.67 Å². The van der Waals surface area contributed by atoms with Gasteiger partial charge in [0.25, 0.3) is 5.89 Å². The van der Waals surface area contributed by atoms with E-state index in [-0.39, 0.29) is 6.10 Å². The zero-order valence-electron chi connectivity index (χ0n) is 11.1.